The van der Waals surface area contributed by atoms with Crippen molar-refractivity contribution in [3.8, 4) is 0 Å². The van der Waals surface area contributed by atoms with Crippen molar-refractivity contribution < 1.29 is 4.79 Å². The minimum absolute atomic E-state index is 0.0748. The van der Waals surface area contributed by atoms with Crippen LogP contribution < -0.4 is 10.2 Å². The van der Waals surface area contributed by atoms with E-state index in [1.54, 1.807) is 24.3 Å². The zero-order valence-electron chi connectivity index (χ0n) is 13.5. The van der Waals surface area contributed by atoms with Crippen molar-refractivity contribution in [3.63, 3.8) is 0 Å². The molecule has 2 heterocycles. The zero-order valence-corrected chi connectivity index (χ0v) is 14.3. The number of anilines is 2. The molecular weight excluding hydrogens is 338 g/mol. The van der Waals surface area contributed by atoms with E-state index in [4.69, 9.17) is 11.6 Å². The summed E-state index contributed by atoms with van der Waals surface area (Å²) in [6.45, 7) is 0.798. The first-order valence-electron chi connectivity index (χ1n) is 7.89. The van der Waals surface area contributed by atoms with E-state index in [-0.39, 0.29) is 11.8 Å². The molecule has 1 aromatic heterocycles. The second-order valence-electron chi connectivity index (χ2n) is 6.04. The van der Waals surface area contributed by atoms with E-state index < -0.39 is 0 Å². The number of carbonyl (C=O) groups is 1. The van der Waals surface area contributed by atoms with Crippen LogP contribution in [-0.4, -0.2) is 34.7 Å². The van der Waals surface area contributed by atoms with Crippen LogP contribution in [0.15, 0.2) is 48.8 Å². The molecule has 1 atom stereocenters. The lowest BCUT2D eigenvalue weighted by Gasteiger charge is -2.12. The third kappa shape index (κ3) is 2.96. The molecule has 0 saturated carbocycles. The van der Waals surface area contributed by atoms with Crippen molar-refractivity contribution in [1.29, 1.82) is 0 Å². The first-order chi connectivity index (χ1) is 12.1. The monoisotopic (exact) mass is 353 g/mol. The van der Waals surface area contributed by atoms with Gasteiger partial charge in [-0.2, -0.15) is 5.10 Å². The quantitative estimate of drug-likeness (QED) is 0.757. The first kappa shape index (κ1) is 15.7. The lowest BCUT2D eigenvalue weighted by molar-refractivity contribution is 0.102. The molecule has 0 bridgehead atoms. The lowest BCUT2D eigenvalue weighted by atomic mass is 9.98. The first-order valence-corrected chi connectivity index (χ1v) is 8.27. The average molecular weight is 354 g/mol. The smallest absolute Gasteiger partial charge is 0.255 e. The van der Waals surface area contributed by atoms with Crippen LogP contribution in [0.1, 0.15) is 27.7 Å². The summed E-state index contributed by atoms with van der Waals surface area (Å²) in [7, 11) is 2.03. The SMILES string of the molecule is CN1C[C@H](c2ncn[nH]2)c2cc(C(=O)Nc3ccc(Cl)cc3)ccc21. The molecule has 2 aromatic carbocycles. The van der Waals surface area contributed by atoms with Crippen LogP contribution in [0, 0.1) is 0 Å². The van der Waals surface area contributed by atoms with Gasteiger partial charge in [0.1, 0.15) is 12.2 Å². The summed E-state index contributed by atoms with van der Waals surface area (Å²) < 4.78 is 0. The Morgan fingerprint density at radius 2 is 2.08 bits per heavy atom. The molecule has 25 heavy (non-hydrogen) atoms. The van der Waals surface area contributed by atoms with Gasteiger partial charge < -0.3 is 10.2 Å². The van der Waals surface area contributed by atoms with Crippen LogP contribution in [0.25, 0.3) is 0 Å². The average Bonchev–Trinajstić information content (AvgIpc) is 3.25. The Bertz CT molecular complexity index is 908. The molecule has 6 nitrogen and oxygen atoms in total. The van der Waals surface area contributed by atoms with E-state index in [1.165, 1.54) is 6.33 Å². The number of amides is 1. The number of aromatic nitrogens is 3. The summed E-state index contributed by atoms with van der Waals surface area (Å²) in [6.07, 6.45) is 1.50. The Morgan fingerprint density at radius 3 is 2.80 bits per heavy atom. The highest BCUT2D eigenvalue weighted by molar-refractivity contribution is 6.30. The predicted octanol–water partition coefficient (Wildman–Crippen LogP) is 3.29. The number of H-pyrrole nitrogens is 1. The number of aromatic amines is 1. The molecule has 0 aliphatic carbocycles. The van der Waals surface area contributed by atoms with Crippen LogP contribution in [-0.2, 0) is 0 Å². The van der Waals surface area contributed by atoms with Crippen molar-refractivity contribution in [2.24, 2.45) is 0 Å². The van der Waals surface area contributed by atoms with E-state index in [9.17, 15) is 4.79 Å². The number of nitrogens with one attached hydrogen (secondary N) is 2. The third-order valence-electron chi connectivity index (χ3n) is 4.40. The van der Waals surface area contributed by atoms with Crippen molar-refractivity contribution in [3.05, 3.63) is 70.8 Å². The van der Waals surface area contributed by atoms with Crippen molar-refractivity contribution >= 4 is 28.9 Å². The number of benzene rings is 2. The molecule has 4 rings (SSSR count). The Hall–Kier alpha value is -2.86. The maximum Gasteiger partial charge on any atom is 0.255 e. The molecule has 1 aliphatic heterocycles. The van der Waals surface area contributed by atoms with Gasteiger partial charge in [0.25, 0.3) is 5.91 Å². The van der Waals surface area contributed by atoms with Gasteiger partial charge in [-0.25, -0.2) is 4.98 Å². The number of rotatable bonds is 3. The number of hydrogen-bond acceptors (Lipinski definition) is 4. The molecule has 1 aliphatic rings. The molecule has 7 heteroatoms. The number of nitrogens with zero attached hydrogens (tertiary/aromatic N) is 3. The summed E-state index contributed by atoms with van der Waals surface area (Å²) in [5.74, 6) is 0.725. The zero-order chi connectivity index (χ0) is 17.4. The van der Waals surface area contributed by atoms with E-state index in [1.807, 2.05) is 25.2 Å². The third-order valence-corrected chi connectivity index (χ3v) is 4.65. The van der Waals surface area contributed by atoms with Crippen LogP contribution in [0.2, 0.25) is 5.02 Å². The Balaban J connectivity index is 1.63. The van der Waals surface area contributed by atoms with Crippen LogP contribution in [0.4, 0.5) is 11.4 Å². The van der Waals surface area contributed by atoms with Crippen LogP contribution >= 0.6 is 11.6 Å². The molecule has 0 saturated heterocycles. The summed E-state index contributed by atoms with van der Waals surface area (Å²) in [5, 5.41) is 10.4. The minimum Gasteiger partial charge on any atom is -0.373 e. The fourth-order valence-electron chi connectivity index (χ4n) is 3.15. The molecule has 0 spiro atoms. The highest BCUT2D eigenvalue weighted by Crippen LogP contribution is 2.38. The molecule has 0 radical (unpaired) electrons. The van der Waals surface area contributed by atoms with Gasteiger partial charge >= 0.3 is 0 Å². The van der Waals surface area contributed by atoms with E-state index >= 15 is 0 Å². The Labute approximate surface area is 149 Å². The summed E-state index contributed by atoms with van der Waals surface area (Å²) >= 11 is 5.88. The van der Waals surface area contributed by atoms with Crippen molar-refractivity contribution in [2.75, 3.05) is 23.8 Å². The van der Waals surface area contributed by atoms with Crippen molar-refractivity contribution in [2.45, 2.75) is 5.92 Å². The molecule has 2 N–H and O–H groups in total. The van der Waals surface area contributed by atoms with Crippen LogP contribution in [0.5, 0.6) is 0 Å². The molecule has 0 fully saturated rings. The van der Waals surface area contributed by atoms with E-state index in [0.717, 1.165) is 23.6 Å². The highest BCUT2D eigenvalue weighted by atomic mass is 35.5. The Morgan fingerprint density at radius 1 is 1.28 bits per heavy atom. The molecule has 0 unspecified atom stereocenters. The standard InChI is InChI=1S/C18H16ClN5O/c1-24-9-15(17-20-10-21-23-17)14-8-11(2-7-16(14)24)18(25)22-13-5-3-12(19)4-6-13/h2-8,10,15H,9H2,1H3,(H,22,25)(H,20,21,23)/t15-/m0/s1. The predicted molar refractivity (Wildman–Crippen MR) is 97.3 cm³/mol. The Kier molecular flexibility index (Phi) is 3.89. The van der Waals surface area contributed by atoms with Gasteiger partial charge in [-0.1, -0.05) is 11.6 Å². The second-order valence-corrected chi connectivity index (χ2v) is 6.47. The molecule has 1 amide bonds. The highest BCUT2D eigenvalue weighted by Gasteiger charge is 2.30. The number of fused-ring (bicyclic) bond motifs is 1. The van der Waals surface area contributed by atoms with Gasteiger partial charge in [0, 0.05) is 35.6 Å². The summed E-state index contributed by atoms with van der Waals surface area (Å²) in [4.78, 5) is 19.0. The normalized spacial score (nSPS) is 15.9. The van der Waals surface area contributed by atoms with Gasteiger partial charge in [0.2, 0.25) is 0 Å². The number of hydrogen-bond donors (Lipinski definition) is 2. The number of likely N-dealkylation sites (N-methyl/N-ethyl adjacent to an activating group) is 1. The largest absolute Gasteiger partial charge is 0.373 e. The molecular formula is C18H16ClN5O. The molecule has 3 aromatic rings. The number of carbonyl (C=O) groups excluding carboxylic acids is 1. The summed E-state index contributed by atoms with van der Waals surface area (Å²) in [5.41, 5.74) is 3.49. The topological polar surface area (TPSA) is 73.9 Å². The fraction of sp³-hybridized carbons (Fsp3) is 0.167. The van der Waals surface area contributed by atoms with Crippen molar-refractivity contribution in [1.82, 2.24) is 15.2 Å². The minimum atomic E-state index is -0.156. The van der Waals surface area contributed by atoms with Gasteiger partial charge in [-0.15, -0.1) is 0 Å². The maximum absolute atomic E-state index is 12.6. The van der Waals surface area contributed by atoms with E-state index in [0.29, 0.717) is 16.3 Å². The summed E-state index contributed by atoms with van der Waals surface area (Å²) in [6, 6.07) is 12.8. The van der Waals surface area contributed by atoms with E-state index in [2.05, 4.69) is 25.4 Å². The van der Waals surface area contributed by atoms with Gasteiger partial charge in [-0.05, 0) is 48.0 Å². The second kappa shape index (κ2) is 6.22. The maximum atomic E-state index is 12.6. The van der Waals surface area contributed by atoms with Gasteiger partial charge in [-0.3, -0.25) is 9.89 Å². The lowest BCUT2D eigenvalue weighted by Crippen LogP contribution is -2.16. The molecule has 126 valence electrons. The van der Waals surface area contributed by atoms with Crippen LogP contribution in [0.3, 0.4) is 0 Å². The number of halogens is 1. The van der Waals surface area contributed by atoms with Gasteiger partial charge in [0.05, 0.1) is 5.92 Å². The fourth-order valence-corrected chi connectivity index (χ4v) is 3.27. The van der Waals surface area contributed by atoms with Gasteiger partial charge in [0.15, 0.2) is 0 Å².